The van der Waals surface area contributed by atoms with Crippen LogP contribution in [0.2, 0.25) is 0 Å². The van der Waals surface area contributed by atoms with Gasteiger partial charge in [-0.1, -0.05) is 32.0 Å². The van der Waals surface area contributed by atoms with Gasteiger partial charge in [0.05, 0.1) is 0 Å². The van der Waals surface area contributed by atoms with Gasteiger partial charge in [0.2, 0.25) is 0 Å². The molecular weight excluding hydrogens is 276 g/mol. The lowest BCUT2D eigenvalue weighted by molar-refractivity contribution is 0.731. The number of aliphatic imine (C=N–C) groups is 1. The van der Waals surface area contributed by atoms with Gasteiger partial charge in [-0.25, -0.2) is 9.98 Å². The number of hydrogen-bond acceptors (Lipinski definition) is 3. The fraction of sp³-hybridized carbons (Fsp3) is 0.222. The molecular formula is C18H16N2S. The molecule has 1 aromatic carbocycles. The summed E-state index contributed by atoms with van der Waals surface area (Å²) in [6, 6.07) is 13.0. The summed E-state index contributed by atoms with van der Waals surface area (Å²) in [5, 5.41) is 1.30. The molecule has 2 nitrogen and oxygen atoms in total. The molecule has 0 aliphatic carbocycles. The largest absolute Gasteiger partial charge is 0.237 e. The van der Waals surface area contributed by atoms with Gasteiger partial charge >= 0.3 is 0 Å². The van der Waals surface area contributed by atoms with Crippen molar-refractivity contribution < 1.29 is 0 Å². The van der Waals surface area contributed by atoms with Gasteiger partial charge in [-0.05, 0) is 30.5 Å². The number of pyridine rings is 1. The highest BCUT2D eigenvalue weighted by Gasteiger charge is 2.33. The first-order valence-electron chi connectivity index (χ1n) is 7.11. The fourth-order valence-corrected chi connectivity index (χ4v) is 3.80. The minimum absolute atomic E-state index is 0.0188. The Morgan fingerprint density at radius 1 is 1.10 bits per heavy atom. The van der Waals surface area contributed by atoms with Crippen molar-refractivity contribution in [3.05, 3.63) is 48.2 Å². The maximum atomic E-state index is 4.59. The van der Waals surface area contributed by atoms with Gasteiger partial charge < -0.3 is 0 Å². The van der Waals surface area contributed by atoms with Gasteiger partial charge in [-0.2, -0.15) is 0 Å². The van der Waals surface area contributed by atoms with Crippen LogP contribution >= 0.6 is 11.3 Å². The van der Waals surface area contributed by atoms with Gasteiger partial charge in [0, 0.05) is 38.0 Å². The maximum Gasteiger partial charge on any atom is 0.155 e. The maximum absolute atomic E-state index is 4.59. The van der Waals surface area contributed by atoms with Crippen molar-refractivity contribution in [2.24, 2.45) is 4.99 Å². The molecule has 3 heterocycles. The first kappa shape index (κ1) is 12.7. The minimum Gasteiger partial charge on any atom is -0.237 e. The molecule has 21 heavy (non-hydrogen) atoms. The van der Waals surface area contributed by atoms with E-state index < -0.39 is 0 Å². The molecule has 0 saturated heterocycles. The van der Waals surface area contributed by atoms with Crippen molar-refractivity contribution >= 4 is 33.0 Å². The highest BCUT2D eigenvalue weighted by Crippen LogP contribution is 2.41. The number of hydrogen-bond donors (Lipinski definition) is 0. The first-order chi connectivity index (χ1) is 10.1. The number of thiophene rings is 1. The van der Waals surface area contributed by atoms with E-state index in [0.717, 1.165) is 11.5 Å². The van der Waals surface area contributed by atoms with Crippen LogP contribution in [0.5, 0.6) is 0 Å². The zero-order valence-electron chi connectivity index (χ0n) is 12.3. The van der Waals surface area contributed by atoms with Gasteiger partial charge in [0.25, 0.3) is 0 Å². The smallest absolute Gasteiger partial charge is 0.155 e. The lowest BCUT2D eigenvalue weighted by Crippen LogP contribution is -2.22. The second kappa shape index (κ2) is 4.25. The molecule has 0 amide bonds. The van der Waals surface area contributed by atoms with Crippen molar-refractivity contribution in [3.8, 4) is 10.4 Å². The number of rotatable bonds is 1. The molecule has 104 valence electrons. The fourth-order valence-electron chi connectivity index (χ4n) is 2.76. The monoisotopic (exact) mass is 292 g/mol. The zero-order valence-corrected chi connectivity index (χ0v) is 13.2. The van der Waals surface area contributed by atoms with Crippen LogP contribution in [0, 0.1) is 0 Å². The molecule has 0 radical (unpaired) electrons. The predicted molar refractivity (Wildman–Crippen MR) is 90.9 cm³/mol. The Kier molecular flexibility index (Phi) is 2.57. The molecule has 2 aromatic heterocycles. The SMILES string of the molecule is CC1=Nc2ncc(-c3cc4ccccc4s3)cc2C1(C)C. The third-order valence-corrected chi connectivity index (χ3v) is 5.59. The Bertz CT molecular complexity index is 854. The van der Waals surface area contributed by atoms with E-state index in [-0.39, 0.29) is 5.41 Å². The molecule has 1 aliphatic rings. The summed E-state index contributed by atoms with van der Waals surface area (Å²) in [6.45, 7) is 6.52. The van der Waals surface area contributed by atoms with E-state index in [4.69, 9.17) is 0 Å². The molecule has 0 bridgehead atoms. The quantitative estimate of drug-likeness (QED) is 0.593. The average molecular weight is 292 g/mol. The molecule has 0 saturated carbocycles. The van der Waals surface area contributed by atoms with E-state index in [1.54, 1.807) is 0 Å². The van der Waals surface area contributed by atoms with Gasteiger partial charge in [0.15, 0.2) is 5.82 Å². The van der Waals surface area contributed by atoms with Gasteiger partial charge in [-0.3, -0.25) is 0 Å². The Morgan fingerprint density at radius 2 is 1.90 bits per heavy atom. The van der Waals surface area contributed by atoms with Crippen LogP contribution in [0.25, 0.3) is 20.5 Å². The van der Waals surface area contributed by atoms with Gasteiger partial charge in [0.1, 0.15) is 0 Å². The molecule has 3 heteroatoms. The standard InChI is InChI=1S/C18H16N2S/c1-11-18(2,3)14-8-13(10-19-17(14)20-11)16-9-12-6-4-5-7-15(12)21-16/h4-10H,1-3H3. The van der Waals surface area contributed by atoms with Crippen LogP contribution in [0.3, 0.4) is 0 Å². The number of nitrogens with zero attached hydrogens (tertiary/aromatic N) is 2. The van der Waals surface area contributed by atoms with Crippen LogP contribution < -0.4 is 0 Å². The van der Waals surface area contributed by atoms with E-state index in [0.29, 0.717) is 0 Å². The number of fused-ring (bicyclic) bond motifs is 2. The second-order valence-electron chi connectivity index (χ2n) is 6.07. The zero-order chi connectivity index (χ0) is 14.6. The van der Waals surface area contributed by atoms with E-state index in [2.05, 4.69) is 67.1 Å². The third kappa shape index (κ3) is 1.84. The summed E-state index contributed by atoms with van der Waals surface area (Å²) < 4.78 is 1.32. The summed E-state index contributed by atoms with van der Waals surface area (Å²) in [7, 11) is 0. The topological polar surface area (TPSA) is 25.2 Å². The Labute approximate surface area is 128 Å². The van der Waals surface area contributed by atoms with Crippen molar-refractivity contribution in [2.45, 2.75) is 26.2 Å². The summed E-state index contributed by atoms with van der Waals surface area (Å²) in [5.74, 6) is 0.877. The van der Waals surface area contributed by atoms with Gasteiger partial charge in [-0.15, -0.1) is 11.3 Å². The lowest BCUT2D eigenvalue weighted by Gasteiger charge is -2.19. The average Bonchev–Trinajstić information content (AvgIpc) is 2.99. The van der Waals surface area contributed by atoms with Crippen LogP contribution in [-0.2, 0) is 5.41 Å². The summed E-state index contributed by atoms with van der Waals surface area (Å²) in [4.78, 5) is 10.4. The van der Waals surface area contributed by atoms with Crippen LogP contribution in [0.4, 0.5) is 5.82 Å². The number of aromatic nitrogens is 1. The highest BCUT2D eigenvalue weighted by molar-refractivity contribution is 7.22. The second-order valence-corrected chi connectivity index (χ2v) is 7.15. The van der Waals surface area contributed by atoms with E-state index in [1.807, 2.05) is 17.5 Å². The molecule has 0 atom stereocenters. The first-order valence-corrected chi connectivity index (χ1v) is 7.92. The molecule has 4 rings (SSSR count). The predicted octanol–water partition coefficient (Wildman–Crippen LogP) is 5.35. The Morgan fingerprint density at radius 3 is 2.71 bits per heavy atom. The molecule has 1 aliphatic heterocycles. The number of benzene rings is 1. The van der Waals surface area contributed by atoms with Crippen LogP contribution in [0.15, 0.2) is 47.6 Å². The van der Waals surface area contributed by atoms with E-state index >= 15 is 0 Å². The molecule has 0 fully saturated rings. The normalized spacial score (nSPS) is 16.0. The van der Waals surface area contributed by atoms with Crippen molar-refractivity contribution in [3.63, 3.8) is 0 Å². The Balaban J connectivity index is 1.87. The van der Waals surface area contributed by atoms with E-state index in [1.165, 1.54) is 26.1 Å². The molecule has 3 aromatic rings. The summed E-state index contributed by atoms with van der Waals surface area (Å²) in [5.41, 5.74) is 3.54. The van der Waals surface area contributed by atoms with Crippen molar-refractivity contribution in [1.82, 2.24) is 4.98 Å². The van der Waals surface area contributed by atoms with Crippen LogP contribution in [-0.4, -0.2) is 10.7 Å². The third-order valence-electron chi connectivity index (χ3n) is 4.43. The lowest BCUT2D eigenvalue weighted by atomic mass is 9.82. The van der Waals surface area contributed by atoms with Crippen molar-refractivity contribution in [1.29, 1.82) is 0 Å². The highest BCUT2D eigenvalue weighted by atomic mass is 32.1. The van der Waals surface area contributed by atoms with Crippen LogP contribution in [0.1, 0.15) is 26.3 Å². The Hall–Kier alpha value is -2.00. The minimum atomic E-state index is -0.0188. The molecule has 0 N–H and O–H groups in total. The van der Waals surface area contributed by atoms with Crippen molar-refractivity contribution in [2.75, 3.05) is 0 Å². The molecule has 0 spiro atoms. The summed E-state index contributed by atoms with van der Waals surface area (Å²) in [6.07, 6.45) is 1.95. The molecule has 0 unspecified atom stereocenters. The van der Waals surface area contributed by atoms with E-state index in [9.17, 15) is 0 Å². The summed E-state index contributed by atoms with van der Waals surface area (Å²) >= 11 is 1.82.